The molecule has 0 N–H and O–H groups in total. The number of nitrogens with zero attached hydrogens (tertiary/aromatic N) is 4. The molecule has 1 aliphatic heterocycles. The van der Waals surface area contributed by atoms with E-state index in [1.165, 1.54) is 0 Å². The highest BCUT2D eigenvalue weighted by Gasteiger charge is 2.31. The van der Waals surface area contributed by atoms with Gasteiger partial charge >= 0.3 is 6.18 Å². The molecule has 0 radical (unpaired) electrons. The molecular formula is C14H23F3N4O. The maximum absolute atomic E-state index is 12.1. The molecule has 5 nitrogen and oxygen atoms in total. The summed E-state index contributed by atoms with van der Waals surface area (Å²) in [6.07, 6.45) is -0.567. The first kappa shape index (κ1) is 17.2. The van der Waals surface area contributed by atoms with Crippen molar-refractivity contribution < 1.29 is 17.9 Å². The first-order valence-electron chi connectivity index (χ1n) is 7.63. The van der Waals surface area contributed by atoms with Crippen molar-refractivity contribution in [2.24, 2.45) is 5.92 Å². The molecule has 22 heavy (non-hydrogen) atoms. The number of alkyl halides is 3. The smallest absolute Gasteiger partial charge is 0.371 e. The van der Waals surface area contributed by atoms with Crippen LogP contribution in [0.1, 0.15) is 38.6 Å². The highest BCUT2D eigenvalue weighted by Crippen LogP contribution is 2.30. The zero-order chi connectivity index (χ0) is 16.2. The Kier molecular flexibility index (Phi) is 5.80. The number of likely N-dealkylation sites (tertiary alicyclic amines) is 1. The van der Waals surface area contributed by atoms with Gasteiger partial charge in [-0.3, -0.25) is 4.90 Å². The summed E-state index contributed by atoms with van der Waals surface area (Å²) in [5.41, 5.74) is 0. The van der Waals surface area contributed by atoms with E-state index < -0.39 is 12.8 Å². The van der Waals surface area contributed by atoms with E-state index in [1.807, 2.05) is 4.57 Å². The standard InChI is InChI=1S/C14H23F3N4O/c1-11(2)8-21-10-18-19-13(21)12-4-3-5-20(12)6-7-22-9-14(15,16)17/h10-12H,3-9H2,1-2H3/t12-/m0/s1. The second-order valence-corrected chi connectivity index (χ2v) is 6.10. The molecule has 0 spiro atoms. The Morgan fingerprint density at radius 3 is 2.86 bits per heavy atom. The zero-order valence-electron chi connectivity index (χ0n) is 13.0. The second kappa shape index (κ2) is 7.41. The lowest BCUT2D eigenvalue weighted by Crippen LogP contribution is -2.30. The predicted molar refractivity (Wildman–Crippen MR) is 75.3 cm³/mol. The summed E-state index contributed by atoms with van der Waals surface area (Å²) in [6.45, 7) is 5.33. The zero-order valence-corrected chi connectivity index (χ0v) is 13.0. The fourth-order valence-corrected chi connectivity index (χ4v) is 2.81. The number of rotatable bonds is 7. The summed E-state index contributed by atoms with van der Waals surface area (Å²) < 4.78 is 43.0. The van der Waals surface area contributed by atoms with E-state index in [9.17, 15) is 13.2 Å². The van der Waals surface area contributed by atoms with Crippen LogP contribution in [-0.4, -0.2) is 52.1 Å². The predicted octanol–water partition coefficient (Wildman–Crippen LogP) is 2.65. The molecular weight excluding hydrogens is 297 g/mol. The molecule has 0 amide bonds. The molecule has 0 aromatic carbocycles. The largest absolute Gasteiger partial charge is 0.411 e. The Hall–Kier alpha value is -1.15. The van der Waals surface area contributed by atoms with Crippen LogP contribution >= 0.6 is 0 Å². The molecule has 0 bridgehead atoms. The topological polar surface area (TPSA) is 43.2 Å². The quantitative estimate of drug-likeness (QED) is 0.725. The summed E-state index contributed by atoms with van der Waals surface area (Å²) in [5.74, 6) is 1.39. The average Bonchev–Trinajstić information content (AvgIpc) is 3.01. The van der Waals surface area contributed by atoms with Crippen LogP contribution in [0.4, 0.5) is 13.2 Å². The maximum atomic E-state index is 12.1. The molecule has 1 saturated heterocycles. The molecule has 1 fully saturated rings. The summed E-state index contributed by atoms with van der Waals surface area (Å²) in [5, 5.41) is 8.21. The van der Waals surface area contributed by atoms with Crippen molar-refractivity contribution in [1.29, 1.82) is 0 Å². The maximum Gasteiger partial charge on any atom is 0.411 e. The molecule has 2 heterocycles. The Bertz CT molecular complexity index is 461. The van der Waals surface area contributed by atoms with Gasteiger partial charge in [-0.15, -0.1) is 10.2 Å². The van der Waals surface area contributed by atoms with Gasteiger partial charge in [-0.05, 0) is 25.3 Å². The van der Waals surface area contributed by atoms with E-state index in [0.717, 1.165) is 31.8 Å². The van der Waals surface area contributed by atoms with Gasteiger partial charge in [0.05, 0.1) is 12.6 Å². The fourth-order valence-electron chi connectivity index (χ4n) is 2.81. The van der Waals surface area contributed by atoms with Crippen molar-refractivity contribution in [1.82, 2.24) is 19.7 Å². The van der Waals surface area contributed by atoms with Gasteiger partial charge < -0.3 is 9.30 Å². The minimum absolute atomic E-state index is 0.0777. The second-order valence-electron chi connectivity index (χ2n) is 6.10. The van der Waals surface area contributed by atoms with Crippen molar-refractivity contribution in [2.75, 3.05) is 26.3 Å². The Morgan fingerprint density at radius 2 is 2.18 bits per heavy atom. The minimum Gasteiger partial charge on any atom is -0.371 e. The van der Waals surface area contributed by atoms with Gasteiger partial charge in [0.15, 0.2) is 0 Å². The Morgan fingerprint density at radius 1 is 1.41 bits per heavy atom. The summed E-state index contributed by atoms with van der Waals surface area (Å²) in [7, 11) is 0. The van der Waals surface area contributed by atoms with Crippen molar-refractivity contribution >= 4 is 0 Å². The summed E-state index contributed by atoms with van der Waals surface area (Å²) >= 11 is 0. The van der Waals surface area contributed by atoms with Gasteiger partial charge in [-0.2, -0.15) is 13.2 Å². The number of hydrogen-bond donors (Lipinski definition) is 0. The molecule has 1 aromatic heterocycles. The lowest BCUT2D eigenvalue weighted by Gasteiger charge is -2.24. The van der Waals surface area contributed by atoms with Crippen LogP contribution < -0.4 is 0 Å². The summed E-state index contributed by atoms with van der Waals surface area (Å²) in [6, 6.07) is 0.121. The first-order chi connectivity index (χ1) is 10.4. The highest BCUT2D eigenvalue weighted by atomic mass is 19.4. The van der Waals surface area contributed by atoms with E-state index in [-0.39, 0.29) is 12.6 Å². The number of halogens is 3. The van der Waals surface area contributed by atoms with E-state index >= 15 is 0 Å². The van der Waals surface area contributed by atoms with Gasteiger partial charge in [0, 0.05) is 13.1 Å². The van der Waals surface area contributed by atoms with Crippen LogP contribution in [-0.2, 0) is 11.3 Å². The van der Waals surface area contributed by atoms with E-state index in [0.29, 0.717) is 12.5 Å². The molecule has 0 unspecified atom stereocenters. The average molecular weight is 320 g/mol. The van der Waals surface area contributed by atoms with E-state index in [2.05, 4.69) is 28.9 Å². The molecule has 2 rings (SSSR count). The van der Waals surface area contributed by atoms with Crippen molar-refractivity contribution in [3.8, 4) is 0 Å². The monoisotopic (exact) mass is 320 g/mol. The van der Waals surface area contributed by atoms with E-state index in [4.69, 9.17) is 4.74 Å². The number of hydrogen-bond acceptors (Lipinski definition) is 4. The fraction of sp³-hybridized carbons (Fsp3) is 0.857. The van der Waals surface area contributed by atoms with Gasteiger partial charge in [-0.25, -0.2) is 0 Å². The Labute approximate surface area is 128 Å². The molecule has 1 atom stereocenters. The third-order valence-electron chi connectivity index (χ3n) is 3.66. The van der Waals surface area contributed by atoms with Crippen LogP contribution in [0.5, 0.6) is 0 Å². The molecule has 8 heteroatoms. The first-order valence-corrected chi connectivity index (χ1v) is 7.63. The van der Waals surface area contributed by atoms with Gasteiger partial charge in [-0.1, -0.05) is 13.8 Å². The normalized spacial score (nSPS) is 20.2. The van der Waals surface area contributed by atoms with Gasteiger partial charge in [0.1, 0.15) is 18.8 Å². The number of ether oxygens (including phenoxy) is 1. The van der Waals surface area contributed by atoms with Gasteiger partial charge in [0.25, 0.3) is 0 Å². The van der Waals surface area contributed by atoms with Crippen LogP contribution in [0.2, 0.25) is 0 Å². The lowest BCUT2D eigenvalue weighted by molar-refractivity contribution is -0.174. The molecule has 1 aliphatic rings. The van der Waals surface area contributed by atoms with Crippen molar-refractivity contribution in [3.05, 3.63) is 12.2 Å². The van der Waals surface area contributed by atoms with Crippen molar-refractivity contribution in [2.45, 2.75) is 45.5 Å². The van der Waals surface area contributed by atoms with Crippen LogP contribution in [0.15, 0.2) is 6.33 Å². The minimum atomic E-state index is -4.26. The Balaban J connectivity index is 1.89. The van der Waals surface area contributed by atoms with Crippen LogP contribution in [0, 0.1) is 5.92 Å². The third kappa shape index (κ3) is 4.95. The SMILES string of the molecule is CC(C)Cn1cnnc1[C@@H]1CCCN1CCOCC(F)(F)F. The third-order valence-corrected chi connectivity index (χ3v) is 3.66. The lowest BCUT2D eigenvalue weighted by atomic mass is 10.2. The summed E-state index contributed by atoms with van der Waals surface area (Å²) in [4.78, 5) is 2.14. The van der Waals surface area contributed by atoms with Gasteiger partial charge in [0.2, 0.25) is 0 Å². The van der Waals surface area contributed by atoms with E-state index in [1.54, 1.807) is 6.33 Å². The van der Waals surface area contributed by atoms with Crippen molar-refractivity contribution in [3.63, 3.8) is 0 Å². The molecule has 126 valence electrons. The molecule has 0 saturated carbocycles. The molecule has 0 aliphatic carbocycles. The highest BCUT2D eigenvalue weighted by molar-refractivity contribution is 4.99. The van der Waals surface area contributed by atoms with Crippen LogP contribution in [0.3, 0.4) is 0 Å². The van der Waals surface area contributed by atoms with Crippen LogP contribution in [0.25, 0.3) is 0 Å². The molecule has 1 aromatic rings. The number of aromatic nitrogens is 3.